The van der Waals surface area contributed by atoms with Crippen molar-refractivity contribution in [3.05, 3.63) is 125 Å². The van der Waals surface area contributed by atoms with Gasteiger partial charge < -0.3 is 15.0 Å². The molecule has 7 nitrogen and oxygen atoms in total. The molecule has 0 saturated heterocycles. The van der Waals surface area contributed by atoms with Gasteiger partial charge in [-0.2, -0.15) is 5.10 Å². The van der Waals surface area contributed by atoms with Crippen LogP contribution in [0.25, 0.3) is 5.69 Å². The van der Waals surface area contributed by atoms with Crippen LogP contribution in [0.1, 0.15) is 42.6 Å². The summed E-state index contributed by atoms with van der Waals surface area (Å²) in [7, 11) is 0. The summed E-state index contributed by atoms with van der Waals surface area (Å²) in [6, 6.07) is 34.1. The Bertz CT molecular complexity index is 1830. The van der Waals surface area contributed by atoms with E-state index in [9.17, 15) is 0 Å². The van der Waals surface area contributed by atoms with Crippen molar-refractivity contribution >= 4 is 46.2 Å². The highest BCUT2D eigenvalue weighted by Crippen LogP contribution is 2.48. The average Bonchev–Trinajstić information content (AvgIpc) is 3.38. The molecule has 0 aliphatic carbocycles. The van der Waals surface area contributed by atoms with E-state index in [1.54, 1.807) is 0 Å². The molecule has 2 aliphatic rings. The number of para-hydroxylation sites is 3. The second-order valence-corrected chi connectivity index (χ2v) is 11.1. The number of ether oxygens (including phenoxy) is 1. The fourth-order valence-electron chi connectivity index (χ4n) is 5.61. The van der Waals surface area contributed by atoms with Gasteiger partial charge in [0, 0.05) is 16.3 Å². The number of hydrogen-bond donors (Lipinski definition) is 1. The van der Waals surface area contributed by atoms with E-state index in [0.29, 0.717) is 23.3 Å². The lowest BCUT2D eigenvalue weighted by Crippen LogP contribution is -2.46. The van der Waals surface area contributed by atoms with Crippen molar-refractivity contribution < 1.29 is 4.74 Å². The van der Waals surface area contributed by atoms with Crippen molar-refractivity contribution in [2.45, 2.75) is 32.7 Å². The SMILES string of the molecule is CCCCOc1ccc(NC2=Nc3ccccc3N3C2=Nc2c(c(C)nn2-c2ccccc2)C3c2ccc(Cl)cc2)cc1. The number of aryl methyl sites for hydroxylation is 1. The van der Waals surface area contributed by atoms with Gasteiger partial charge >= 0.3 is 0 Å². The maximum atomic E-state index is 6.35. The number of anilines is 2. The first kappa shape index (κ1) is 27.0. The number of fused-ring (bicyclic) bond motifs is 4. The molecular formula is C35H31ClN6O. The highest BCUT2D eigenvalue weighted by molar-refractivity contribution is 6.51. The smallest absolute Gasteiger partial charge is 0.179 e. The number of hydrogen-bond acceptors (Lipinski definition) is 6. The third-order valence-corrected chi connectivity index (χ3v) is 7.96. The van der Waals surface area contributed by atoms with E-state index in [0.717, 1.165) is 64.0 Å². The summed E-state index contributed by atoms with van der Waals surface area (Å²) < 4.78 is 7.81. The summed E-state index contributed by atoms with van der Waals surface area (Å²) in [6.07, 6.45) is 2.13. The number of rotatable bonds is 7. The number of nitrogens with one attached hydrogen (secondary N) is 1. The fraction of sp³-hybridized carbons (Fsp3) is 0.171. The van der Waals surface area contributed by atoms with Crippen LogP contribution in [0.2, 0.25) is 5.02 Å². The summed E-state index contributed by atoms with van der Waals surface area (Å²) in [5.41, 5.74) is 6.71. The third-order valence-electron chi connectivity index (χ3n) is 7.71. The monoisotopic (exact) mass is 586 g/mol. The van der Waals surface area contributed by atoms with Gasteiger partial charge in [-0.25, -0.2) is 14.7 Å². The minimum atomic E-state index is -0.208. The predicted octanol–water partition coefficient (Wildman–Crippen LogP) is 8.81. The molecule has 43 heavy (non-hydrogen) atoms. The zero-order valence-corrected chi connectivity index (χ0v) is 24.8. The van der Waals surface area contributed by atoms with Crippen LogP contribution in [0.5, 0.6) is 5.75 Å². The molecule has 0 fully saturated rings. The van der Waals surface area contributed by atoms with Gasteiger partial charge in [0.2, 0.25) is 0 Å². The molecule has 5 aromatic rings. The molecule has 0 spiro atoms. The molecule has 8 heteroatoms. The Morgan fingerprint density at radius 3 is 2.37 bits per heavy atom. The molecule has 0 bridgehead atoms. The normalized spacial score (nSPS) is 15.1. The van der Waals surface area contributed by atoms with E-state index in [2.05, 4.69) is 42.3 Å². The van der Waals surface area contributed by atoms with Crippen molar-refractivity contribution in [3.8, 4) is 11.4 Å². The van der Waals surface area contributed by atoms with Gasteiger partial charge in [0.15, 0.2) is 17.5 Å². The Morgan fingerprint density at radius 1 is 0.860 bits per heavy atom. The molecule has 1 aromatic heterocycles. The fourth-order valence-corrected chi connectivity index (χ4v) is 5.74. The summed E-state index contributed by atoms with van der Waals surface area (Å²) in [5, 5.41) is 9.26. The second-order valence-electron chi connectivity index (χ2n) is 10.6. The minimum absolute atomic E-state index is 0.208. The molecule has 0 saturated carbocycles. The van der Waals surface area contributed by atoms with Gasteiger partial charge in [-0.05, 0) is 79.6 Å². The highest BCUT2D eigenvalue weighted by Gasteiger charge is 2.41. The number of aromatic nitrogens is 2. The van der Waals surface area contributed by atoms with Crippen LogP contribution in [0.15, 0.2) is 113 Å². The number of nitrogens with zero attached hydrogens (tertiary/aromatic N) is 5. The van der Waals surface area contributed by atoms with Gasteiger partial charge in [0.1, 0.15) is 5.75 Å². The Hall–Kier alpha value is -4.88. The van der Waals surface area contributed by atoms with Crippen LogP contribution < -0.4 is 15.0 Å². The maximum absolute atomic E-state index is 6.35. The van der Waals surface area contributed by atoms with Gasteiger partial charge in [-0.3, -0.25) is 0 Å². The first-order valence-corrected chi connectivity index (χ1v) is 14.9. The second kappa shape index (κ2) is 11.4. The topological polar surface area (TPSA) is 67.0 Å². The average molecular weight is 587 g/mol. The van der Waals surface area contributed by atoms with E-state index in [1.807, 2.05) is 89.6 Å². The molecule has 7 rings (SSSR count). The van der Waals surface area contributed by atoms with Crippen molar-refractivity contribution in [3.63, 3.8) is 0 Å². The summed E-state index contributed by atoms with van der Waals surface area (Å²) in [6.45, 7) is 4.92. The largest absolute Gasteiger partial charge is 0.494 e. The van der Waals surface area contributed by atoms with Crippen LogP contribution in [0.3, 0.4) is 0 Å². The molecule has 4 aromatic carbocycles. The molecule has 0 amide bonds. The van der Waals surface area contributed by atoms with E-state index >= 15 is 0 Å². The summed E-state index contributed by atoms with van der Waals surface area (Å²) >= 11 is 6.35. The lowest BCUT2D eigenvalue weighted by atomic mass is 9.93. The Morgan fingerprint density at radius 2 is 1.60 bits per heavy atom. The number of unbranched alkanes of at least 4 members (excludes halogenated alkanes) is 1. The van der Waals surface area contributed by atoms with Gasteiger partial charge in [-0.15, -0.1) is 0 Å². The van der Waals surface area contributed by atoms with Crippen molar-refractivity contribution in [1.82, 2.24) is 9.78 Å². The lowest BCUT2D eigenvalue weighted by molar-refractivity contribution is 0.309. The molecule has 2 aliphatic heterocycles. The Labute approximate surface area is 256 Å². The van der Waals surface area contributed by atoms with Crippen LogP contribution in [-0.4, -0.2) is 28.1 Å². The van der Waals surface area contributed by atoms with Crippen molar-refractivity contribution in [2.75, 3.05) is 16.8 Å². The van der Waals surface area contributed by atoms with E-state index in [4.69, 9.17) is 31.4 Å². The van der Waals surface area contributed by atoms with E-state index in [1.165, 1.54) is 0 Å². The van der Waals surface area contributed by atoms with Crippen LogP contribution >= 0.6 is 11.6 Å². The third kappa shape index (κ3) is 5.06. The quantitative estimate of drug-likeness (QED) is 0.193. The highest BCUT2D eigenvalue weighted by atomic mass is 35.5. The molecule has 1 N–H and O–H groups in total. The standard InChI is InChI=1S/C35H31ClN6O/c1-3-4-22-43-28-20-18-26(19-21-28)37-33-35-39-34-31(23(2)40-42(34)27-10-6-5-7-11-27)32(24-14-16-25(36)17-15-24)41(35)30-13-9-8-12-29(30)38-33/h5-21,32H,3-4,22H2,1-2H3,(H,37,38). The summed E-state index contributed by atoms with van der Waals surface area (Å²) in [4.78, 5) is 12.7. The molecule has 3 heterocycles. The Balaban J connectivity index is 1.38. The van der Waals surface area contributed by atoms with Crippen molar-refractivity contribution in [1.29, 1.82) is 0 Å². The number of halogens is 1. The number of aliphatic imine (C=N–C) groups is 2. The van der Waals surface area contributed by atoms with Gasteiger partial charge in [0.05, 0.1) is 35.4 Å². The molecule has 1 atom stereocenters. The minimum Gasteiger partial charge on any atom is -0.494 e. The zero-order chi connectivity index (χ0) is 29.3. The van der Waals surface area contributed by atoms with Gasteiger partial charge in [-0.1, -0.05) is 67.4 Å². The maximum Gasteiger partial charge on any atom is 0.179 e. The van der Waals surface area contributed by atoms with E-state index in [-0.39, 0.29) is 6.04 Å². The number of benzene rings is 4. The molecule has 214 valence electrons. The van der Waals surface area contributed by atoms with Crippen LogP contribution in [-0.2, 0) is 0 Å². The molecular weight excluding hydrogens is 556 g/mol. The van der Waals surface area contributed by atoms with Crippen LogP contribution in [0.4, 0.5) is 22.9 Å². The van der Waals surface area contributed by atoms with E-state index < -0.39 is 0 Å². The first-order valence-electron chi connectivity index (χ1n) is 14.6. The summed E-state index contributed by atoms with van der Waals surface area (Å²) in [5.74, 6) is 3.00. The molecule has 0 radical (unpaired) electrons. The first-order chi connectivity index (χ1) is 21.1. The van der Waals surface area contributed by atoms with Crippen molar-refractivity contribution in [2.24, 2.45) is 9.98 Å². The lowest BCUT2D eigenvalue weighted by Gasteiger charge is -2.40. The predicted molar refractivity (Wildman–Crippen MR) is 175 cm³/mol. The zero-order valence-electron chi connectivity index (χ0n) is 24.0. The molecule has 1 unspecified atom stereocenters. The Kier molecular flexibility index (Phi) is 7.17. The number of amidine groups is 2. The van der Waals surface area contributed by atoms with Crippen LogP contribution in [0, 0.1) is 6.92 Å². The van der Waals surface area contributed by atoms with Gasteiger partial charge in [0.25, 0.3) is 0 Å².